The first-order valence-corrected chi connectivity index (χ1v) is 13.5. The van der Waals surface area contributed by atoms with Crippen LogP contribution < -0.4 is 10.2 Å². The molecule has 0 bridgehead atoms. The van der Waals surface area contributed by atoms with Gasteiger partial charge < -0.3 is 5.32 Å². The van der Waals surface area contributed by atoms with Crippen molar-refractivity contribution in [2.45, 2.75) is 102 Å². The maximum atomic E-state index is 14.3. The zero-order valence-electron chi connectivity index (χ0n) is 22.5. The Kier molecular flexibility index (Phi) is 8.16. The number of hydrogen-bond donors (Lipinski definition) is 1. The van der Waals surface area contributed by atoms with E-state index < -0.39 is 12.1 Å². The number of amides is 2. The highest BCUT2D eigenvalue weighted by atomic mass is 16.2. The summed E-state index contributed by atoms with van der Waals surface area (Å²) in [5.74, 6) is -0.440. The summed E-state index contributed by atoms with van der Waals surface area (Å²) in [7, 11) is 0. The number of aromatic nitrogens is 1. The van der Waals surface area contributed by atoms with Crippen molar-refractivity contribution in [3.8, 4) is 6.19 Å². The molecule has 37 heavy (non-hydrogen) atoms. The Labute approximate surface area is 220 Å². The fourth-order valence-electron chi connectivity index (χ4n) is 5.56. The first kappa shape index (κ1) is 26.7. The van der Waals surface area contributed by atoms with E-state index in [9.17, 15) is 14.9 Å². The standard InChI is InChI=1S/C30H39N5O2/c1-21-12-17-26(34(21)20-31)29(37)35(25-15-13-23(14-16-25)30(2,3)4)27(22-9-8-18-32-19-22)28(36)33-24-10-6-5-7-11-24/h8-9,13-16,18-19,21,24,26-27H,5-7,10-12,17H2,1-4H3,(H,33,36). The predicted molar refractivity (Wildman–Crippen MR) is 145 cm³/mol. The Balaban J connectivity index is 1.78. The molecule has 4 rings (SSSR count). The normalized spacial score (nSPS) is 21.2. The van der Waals surface area contributed by atoms with Crippen LogP contribution in [0.2, 0.25) is 0 Å². The van der Waals surface area contributed by atoms with Crippen LogP contribution in [0.25, 0.3) is 0 Å². The average Bonchev–Trinajstić information content (AvgIpc) is 3.27. The maximum absolute atomic E-state index is 14.3. The third-order valence-electron chi connectivity index (χ3n) is 7.78. The molecule has 2 heterocycles. The first-order valence-electron chi connectivity index (χ1n) is 13.5. The van der Waals surface area contributed by atoms with Gasteiger partial charge in [-0.05, 0) is 61.8 Å². The summed E-state index contributed by atoms with van der Waals surface area (Å²) < 4.78 is 0. The molecule has 7 nitrogen and oxygen atoms in total. The van der Waals surface area contributed by atoms with E-state index in [-0.39, 0.29) is 29.3 Å². The summed E-state index contributed by atoms with van der Waals surface area (Å²) in [5, 5.41) is 13.1. The van der Waals surface area contributed by atoms with Crippen LogP contribution in [0.4, 0.5) is 5.69 Å². The first-order chi connectivity index (χ1) is 17.7. The van der Waals surface area contributed by atoms with E-state index >= 15 is 0 Å². The van der Waals surface area contributed by atoms with Gasteiger partial charge >= 0.3 is 0 Å². The molecule has 0 radical (unpaired) electrons. The third-order valence-corrected chi connectivity index (χ3v) is 7.78. The number of pyridine rings is 1. The molecule has 3 atom stereocenters. The average molecular weight is 502 g/mol. The molecular weight excluding hydrogens is 462 g/mol. The number of nitrogens with one attached hydrogen (secondary N) is 1. The van der Waals surface area contributed by atoms with E-state index in [2.05, 4.69) is 37.3 Å². The van der Waals surface area contributed by atoms with Crippen molar-refractivity contribution in [1.82, 2.24) is 15.2 Å². The van der Waals surface area contributed by atoms with Gasteiger partial charge in [-0.15, -0.1) is 0 Å². The molecule has 1 aliphatic heterocycles. The summed E-state index contributed by atoms with van der Waals surface area (Å²) in [6, 6.07) is 10.1. The molecule has 1 N–H and O–H groups in total. The minimum Gasteiger partial charge on any atom is -0.351 e. The zero-order chi connectivity index (χ0) is 26.6. The molecule has 196 valence electrons. The van der Waals surface area contributed by atoms with Crippen LogP contribution in [0.1, 0.15) is 89.8 Å². The SMILES string of the molecule is CC1CCC(C(=O)N(c2ccc(C(C)(C)C)cc2)C(C(=O)NC2CCCCC2)c2cccnc2)N1C#N. The fraction of sp³-hybridized carbons (Fsp3) is 0.533. The molecule has 1 aliphatic carbocycles. The molecule has 0 spiro atoms. The topological polar surface area (TPSA) is 89.3 Å². The summed E-state index contributed by atoms with van der Waals surface area (Å²) in [6.45, 7) is 8.40. The lowest BCUT2D eigenvalue weighted by atomic mass is 9.87. The van der Waals surface area contributed by atoms with Crippen LogP contribution in [0.3, 0.4) is 0 Å². The fourth-order valence-corrected chi connectivity index (χ4v) is 5.56. The van der Waals surface area contributed by atoms with Crippen LogP contribution in [-0.2, 0) is 15.0 Å². The molecular formula is C30H39N5O2. The molecule has 1 saturated carbocycles. The summed E-state index contributed by atoms with van der Waals surface area (Å²) in [4.78, 5) is 35.7. The van der Waals surface area contributed by atoms with Gasteiger partial charge in [0.2, 0.25) is 5.91 Å². The number of hydrogen-bond acceptors (Lipinski definition) is 5. The molecule has 2 fully saturated rings. The van der Waals surface area contributed by atoms with Crippen molar-refractivity contribution < 1.29 is 9.59 Å². The van der Waals surface area contributed by atoms with E-state index in [1.54, 1.807) is 28.3 Å². The van der Waals surface area contributed by atoms with Crippen molar-refractivity contribution in [2.75, 3.05) is 4.90 Å². The summed E-state index contributed by atoms with van der Waals surface area (Å²) >= 11 is 0. The van der Waals surface area contributed by atoms with Gasteiger partial charge in [-0.2, -0.15) is 5.26 Å². The van der Waals surface area contributed by atoms with Gasteiger partial charge in [0.15, 0.2) is 6.19 Å². The monoisotopic (exact) mass is 501 g/mol. The van der Waals surface area contributed by atoms with Crippen molar-refractivity contribution in [1.29, 1.82) is 5.26 Å². The van der Waals surface area contributed by atoms with Gasteiger partial charge in [0.25, 0.3) is 5.91 Å². The largest absolute Gasteiger partial charge is 0.351 e. The highest BCUT2D eigenvalue weighted by Gasteiger charge is 2.42. The second kappa shape index (κ2) is 11.3. The Morgan fingerprint density at radius 2 is 1.78 bits per heavy atom. The maximum Gasteiger partial charge on any atom is 0.251 e. The number of carbonyl (C=O) groups is 2. The molecule has 2 aliphatic rings. The van der Waals surface area contributed by atoms with E-state index in [1.165, 1.54) is 6.42 Å². The van der Waals surface area contributed by atoms with Gasteiger partial charge in [0, 0.05) is 35.7 Å². The molecule has 2 aromatic rings. The second-order valence-electron chi connectivity index (χ2n) is 11.5. The lowest BCUT2D eigenvalue weighted by Crippen LogP contribution is -2.52. The van der Waals surface area contributed by atoms with Crippen LogP contribution in [-0.4, -0.2) is 39.8 Å². The zero-order valence-corrected chi connectivity index (χ0v) is 22.5. The Morgan fingerprint density at radius 1 is 1.08 bits per heavy atom. The van der Waals surface area contributed by atoms with Crippen LogP contribution >= 0.6 is 0 Å². The molecule has 2 amide bonds. The number of rotatable bonds is 6. The number of nitriles is 1. The molecule has 1 aromatic heterocycles. The number of anilines is 1. The smallest absolute Gasteiger partial charge is 0.251 e. The van der Waals surface area contributed by atoms with Crippen LogP contribution in [0.5, 0.6) is 0 Å². The number of likely N-dealkylation sites (tertiary alicyclic amines) is 1. The van der Waals surface area contributed by atoms with Crippen molar-refractivity contribution in [2.24, 2.45) is 0 Å². The van der Waals surface area contributed by atoms with E-state index in [1.807, 2.05) is 37.3 Å². The number of benzene rings is 1. The number of nitrogens with zero attached hydrogens (tertiary/aromatic N) is 4. The minimum absolute atomic E-state index is 0.0167. The van der Waals surface area contributed by atoms with Crippen LogP contribution in [0.15, 0.2) is 48.8 Å². The van der Waals surface area contributed by atoms with Crippen molar-refractivity contribution in [3.63, 3.8) is 0 Å². The number of carbonyl (C=O) groups excluding carboxylic acids is 2. The molecule has 7 heteroatoms. The lowest BCUT2D eigenvalue weighted by molar-refractivity contribution is -0.128. The Bertz CT molecular complexity index is 1110. The van der Waals surface area contributed by atoms with Crippen molar-refractivity contribution >= 4 is 17.5 Å². The quantitative estimate of drug-likeness (QED) is 0.547. The summed E-state index contributed by atoms with van der Waals surface area (Å²) in [6.07, 6.45) is 12.2. The minimum atomic E-state index is -0.889. The van der Waals surface area contributed by atoms with Crippen molar-refractivity contribution in [3.05, 3.63) is 59.9 Å². The van der Waals surface area contributed by atoms with Gasteiger partial charge in [-0.25, -0.2) is 0 Å². The van der Waals surface area contributed by atoms with E-state index in [4.69, 9.17) is 0 Å². The van der Waals surface area contributed by atoms with Gasteiger partial charge in [-0.3, -0.25) is 24.4 Å². The highest BCUT2D eigenvalue weighted by Crippen LogP contribution is 2.34. The highest BCUT2D eigenvalue weighted by molar-refractivity contribution is 6.04. The third kappa shape index (κ3) is 5.95. The molecule has 1 aromatic carbocycles. The molecule has 3 unspecified atom stereocenters. The Morgan fingerprint density at radius 3 is 2.38 bits per heavy atom. The van der Waals surface area contributed by atoms with Crippen LogP contribution in [0, 0.1) is 11.5 Å². The summed E-state index contributed by atoms with van der Waals surface area (Å²) in [5.41, 5.74) is 2.38. The predicted octanol–water partition coefficient (Wildman–Crippen LogP) is 5.24. The second-order valence-corrected chi connectivity index (χ2v) is 11.5. The van der Waals surface area contributed by atoms with E-state index in [0.717, 1.165) is 37.7 Å². The van der Waals surface area contributed by atoms with Gasteiger partial charge in [0.1, 0.15) is 12.1 Å². The lowest BCUT2D eigenvalue weighted by Gasteiger charge is -2.36. The Hall–Kier alpha value is -3.40. The van der Waals surface area contributed by atoms with Gasteiger partial charge in [-0.1, -0.05) is 58.2 Å². The van der Waals surface area contributed by atoms with E-state index in [0.29, 0.717) is 17.7 Å². The van der Waals surface area contributed by atoms with Gasteiger partial charge in [0.05, 0.1) is 0 Å². The molecule has 1 saturated heterocycles.